The van der Waals surface area contributed by atoms with Gasteiger partial charge >= 0.3 is 0 Å². The molecule has 2 aromatic rings. The molecule has 1 aliphatic rings. The second-order valence-electron chi connectivity index (χ2n) is 4.76. The summed E-state index contributed by atoms with van der Waals surface area (Å²) in [5.41, 5.74) is 3.43. The van der Waals surface area contributed by atoms with Crippen LogP contribution in [0.1, 0.15) is 12.8 Å². The number of benzene rings is 2. The Bertz CT molecular complexity index is 643. The first-order chi connectivity index (χ1) is 9.84. The highest BCUT2D eigenvalue weighted by Gasteiger charge is 2.13. The number of anilines is 2. The third kappa shape index (κ3) is 2.78. The zero-order valence-corrected chi connectivity index (χ0v) is 11.9. The van der Waals surface area contributed by atoms with Crippen molar-refractivity contribution in [1.29, 1.82) is 0 Å². The Morgan fingerprint density at radius 2 is 1.65 bits per heavy atom. The van der Waals surface area contributed by atoms with Crippen LogP contribution in [0.25, 0.3) is 0 Å². The molecule has 2 aromatic carbocycles. The van der Waals surface area contributed by atoms with Crippen molar-refractivity contribution >= 4 is 23.0 Å². The molecule has 0 unspecified atom stereocenters. The van der Waals surface area contributed by atoms with Gasteiger partial charge in [-0.2, -0.15) is 0 Å². The summed E-state index contributed by atoms with van der Waals surface area (Å²) in [6, 6.07) is 18.3. The van der Waals surface area contributed by atoms with Crippen LogP contribution in [0.4, 0.5) is 11.4 Å². The lowest BCUT2D eigenvalue weighted by Crippen LogP contribution is -2.16. The predicted octanol–water partition coefficient (Wildman–Crippen LogP) is 5.71. The molecule has 0 aliphatic heterocycles. The normalized spacial score (nSPS) is 13.9. The largest absolute Gasteiger partial charge is 0.311 e. The first kappa shape index (κ1) is 13.0. The summed E-state index contributed by atoms with van der Waals surface area (Å²) < 4.78 is 0. The van der Waals surface area contributed by atoms with Crippen LogP contribution in [-0.2, 0) is 0 Å². The zero-order valence-electron chi connectivity index (χ0n) is 11.2. The molecule has 0 radical (unpaired) electrons. The highest BCUT2D eigenvalue weighted by Crippen LogP contribution is 2.33. The maximum absolute atomic E-state index is 6.15. The van der Waals surface area contributed by atoms with Crippen LogP contribution in [0.5, 0.6) is 0 Å². The average molecular weight is 282 g/mol. The van der Waals surface area contributed by atoms with E-state index in [4.69, 9.17) is 11.6 Å². The molecule has 2 heteroatoms. The van der Waals surface area contributed by atoms with Gasteiger partial charge in [0.1, 0.15) is 0 Å². The highest BCUT2D eigenvalue weighted by molar-refractivity contribution is 6.30. The fourth-order valence-electron chi connectivity index (χ4n) is 2.40. The molecule has 0 aromatic heterocycles. The molecule has 20 heavy (non-hydrogen) atoms. The molecule has 1 aliphatic carbocycles. The van der Waals surface area contributed by atoms with Crippen molar-refractivity contribution in [3.8, 4) is 0 Å². The van der Waals surface area contributed by atoms with E-state index >= 15 is 0 Å². The lowest BCUT2D eigenvalue weighted by Gasteiger charge is -2.27. The lowest BCUT2D eigenvalue weighted by molar-refractivity contribution is 0.997. The quantitative estimate of drug-likeness (QED) is 0.696. The molecule has 0 N–H and O–H groups in total. The maximum atomic E-state index is 6.15. The molecule has 0 saturated carbocycles. The van der Waals surface area contributed by atoms with Crippen molar-refractivity contribution in [3.63, 3.8) is 0 Å². The summed E-state index contributed by atoms with van der Waals surface area (Å²) in [6.07, 6.45) is 8.86. The number of para-hydroxylation sites is 1. The van der Waals surface area contributed by atoms with Crippen LogP contribution < -0.4 is 4.90 Å². The van der Waals surface area contributed by atoms with Gasteiger partial charge in [0, 0.05) is 22.1 Å². The molecule has 0 fully saturated rings. The zero-order chi connectivity index (χ0) is 13.8. The molecular formula is C18H16ClN. The van der Waals surface area contributed by atoms with Gasteiger partial charge in [-0.15, -0.1) is 0 Å². The molecule has 0 spiro atoms. The summed E-state index contributed by atoms with van der Waals surface area (Å²) in [5, 5.41) is 0.754. The molecule has 0 heterocycles. The molecule has 1 nitrogen and oxygen atoms in total. The molecule has 0 saturated heterocycles. The summed E-state index contributed by atoms with van der Waals surface area (Å²) in [5.74, 6) is 0. The van der Waals surface area contributed by atoms with Gasteiger partial charge in [0.2, 0.25) is 0 Å². The Morgan fingerprint density at radius 3 is 2.35 bits per heavy atom. The molecule has 100 valence electrons. The second-order valence-corrected chi connectivity index (χ2v) is 5.20. The molecule has 0 amide bonds. The second kappa shape index (κ2) is 5.98. The minimum absolute atomic E-state index is 0.754. The molecule has 0 bridgehead atoms. The standard InChI is InChI=1S/C18H16ClN/c19-15-8-7-13-18(14-15)20(16-9-3-1-4-10-16)17-11-5-2-6-12-17/h1,3-5,7-14H,2,6H2. The Balaban J connectivity index is 2.08. The number of allylic oxidation sites excluding steroid dienone is 3. The van der Waals surface area contributed by atoms with Crippen LogP contribution in [0.3, 0.4) is 0 Å². The first-order valence-corrected chi connectivity index (χ1v) is 7.20. The number of halogens is 1. The third-order valence-electron chi connectivity index (χ3n) is 3.31. The van der Waals surface area contributed by atoms with Gasteiger partial charge in [-0.1, -0.05) is 48.0 Å². The molecule has 0 atom stereocenters. The van der Waals surface area contributed by atoms with Gasteiger partial charge in [-0.3, -0.25) is 0 Å². The van der Waals surface area contributed by atoms with Gasteiger partial charge in [0.05, 0.1) is 0 Å². The van der Waals surface area contributed by atoms with Gasteiger partial charge < -0.3 is 4.90 Å². The van der Waals surface area contributed by atoms with Gasteiger partial charge in [0.25, 0.3) is 0 Å². The van der Waals surface area contributed by atoms with Gasteiger partial charge in [-0.25, -0.2) is 0 Å². The van der Waals surface area contributed by atoms with E-state index in [0.717, 1.165) is 29.2 Å². The topological polar surface area (TPSA) is 3.24 Å². The van der Waals surface area contributed by atoms with Crippen LogP contribution in [0.2, 0.25) is 5.02 Å². The SMILES string of the molecule is Clc1cccc(N(C2=CCCC=C2)c2ccccc2)c1. The summed E-state index contributed by atoms with van der Waals surface area (Å²) in [4.78, 5) is 2.24. The number of hydrogen-bond acceptors (Lipinski definition) is 1. The van der Waals surface area contributed by atoms with Gasteiger partial charge in [0.15, 0.2) is 0 Å². The van der Waals surface area contributed by atoms with Crippen molar-refractivity contribution in [3.05, 3.63) is 83.5 Å². The third-order valence-corrected chi connectivity index (χ3v) is 3.55. The Labute approximate surface area is 124 Å². The maximum Gasteiger partial charge on any atom is 0.0476 e. The van der Waals surface area contributed by atoms with Crippen LogP contribution >= 0.6 is 11.6 Å². The van der Waals surface area contributed by atoms with Crippen molar-refractivity contribution in [2.75, 3.05) is 4.90 Å². The molecular weight excluding hydrogens is 266 g/mol. The van der Waals surface area contributed by atoms with Crippen LogP contribution in [-0.4, -0.2) is 0 Å². The summed E-state index contributed by atoms with van der Waals surface area (Å²) >= 11 is 6.15. The van der Waals surface area contributed by atoms with Crippen molar-refractivity contribution in [2.45, 2.75) is 12.8 Å². The fourth-order valence-corrected chi connectivity index (χ4v) is 2.59. The van der Waals surface area contributed by atoms with E-state index in [1.165, 1.54) is 5.70 Å². The number of rotatable bonds is 3. The van der Waals surface area contributed by atoms with Crippen molar-refractivity contribution < 1.29 is 0 Å². The van der Waals surface area contributed by atoms with Crippen molar-refractivity contribution in [1.82, 2.24) is 0 Å². The number of hydrogen-bond donors (Lipinski definition) is 0. The summed E-state index contributed by atoms with van der Waals surface area (Å²) in [7, 11) is 0. The van der Waals surface area contributed by atoms with Crippen LogP contribution in [0, 0.1) is 0 Å². The fraction of sp³-hybridized carbons (Fsp3) is 0.111. The Kier molecular flexibility index (Phi) is 3.89. The lowest BCUT2D eigenvalue weighted by atomic mass is 10.1. The minimum Gasteiger partial charge on any atom is -0.311 e. The Hall–Kier alpha value is -1.99. The van der Waals surface area contributed by atoms with E-state index in [2.05, 4.69) is 53.5 Å². The van der Waals surface area contributed by atoms with Gasteiger partial charge in [-0.05, 0) is 49.2 Å². The van der Waals surface area contributed by atoms with E-state index in [0.29, 0.717) is 0 Å². The predicted molar refractivity (Wildman–Crippen MR) is 86.5 cm³/mol. The van der Waals surface area contributed by atoms with Crippen LogP contribution in [0.15, 0.2) is 78.5 Å². The number of nitrogens with zero attached hydrogens (tertiary/aromatic N) is 1. The van der Waals surface area contributed by atoms with E-state index < -0.39 is 0 Å². The van der Waals surface area contributed by atoms with E-state index in [1.807, 2.05) is 24.3 Å². The smallest absolute Gasteiger partial charge is 0.0476 e. The monoisotopic (exact) mass is 281 g/mol. The minimum atomic E-state index is 0.754. The van der Waals surface area contributed by atoms with Crippen molar-refractivity contribution in [2.24, 2.45) is 0 Å². The summed E-state index contributed by atoms with van der Waals surface area (Å²) in [6.45, 7) is 0. The van der Waals surface area contributed by atoms with E-state index in [1.54, 1.807) is 0 Å². The first-order valence-electron chi connectivity index (χ1n) is 6.82. The highest BCUT2D eigenvalue weighted by atomic mass is 35.5. The average Bonchev–Trinajstić information content (AvgIpc) is 2.50. The molecule has 3 rings (SSSR count). The van der Waals surface area contributed by atoms with E-state index in [-0.39, 0.29) is 0 Å². The Morgan fingerprint density at radius 1 is 0.850 bits per heavy atom. The van der Waals surface area contributed by atoms with E-state index in [9.17, 15) is 0 Å².